The number of benzene rings is 1. The van der Waals surface area contributed by atoms with Crippen LogP contribution in [-0.2, 0) is 9.59 Å². The quantitative estimate of drug-likeness (QED) is 0.635. The van der Waals surface area contributed by atoms with Crippen LogP contribution in [0.1, 0.15) is 19.3 Å². The van der Waals surface area contributed by atoms with E-state index in [1.807, 2.05) is 0 Å². The van der Waals surface area contributed by atoms with Gasteiger partial charge in [0.1, 0.15) is 11.6 Å². The van der Waals surface area contributed by atoms with Crippen LogP contribution in [-0.4, -0.2) is 35.6 Å². The van der Waals surface area contributed by atoms with E-state index in [0.717, 1.165) is 6.07 Å². The van der Waals surface area contributed by atoms with Crippen molar-refractivity contribution < 1.29 is 32.2 Å². The summed E-state index contributed by atoms with van der Waals surface area (Å²) in [5.74, 6) is -1.30. The number of hydrogen-bond donors (Lipinski definition) is 2. The minimum absolute atomic E-state index is 0.0394. The maximum absolute atomic E-state index is 13.4. The number of anilines is 1. The lowest BCUT2D eigenvalue weighted by atomic mass is 9.39. The molecule has 3 aliphatic carbocycles. The molecule has 2 amide bonds. The van der Waals surface area contributed by atoms with E-state index in [2.05, 4.69) is 20.4 Å². The molecule has 2 bridgehead atoms. The number of pyridine rings is 1. The zero-order chi connectivity index (χ0) is 22.2. The minimum atomic E-state index is -2.97. The van der Waals surface area contributed by atoms with Crippen LogP contribution in [0, 0.1) is 11.2 Å². The summed E-state index contributed by atoms with van der Waals surface area (Å²) in [5, 5.41) is 5.52. The number of ether oxygens (including phenoxy) is 2. The largest absolute Gasteiger partial charge is 0.484 e. The first-order valence-electron chi connectivity index (χ1n) is 9.30. The molecule has 3 aliphatic rings. The highest BCUT2D eigenvalue weighted by Crippen LogP contribution is 2.67. The van der Waals surface area contributed by atoms with Gasteiger partial charge in [0.15, 0.2) is 6.61 Å². The summed E-state index contributed by atoms with van der Waals surface area (Å²) in [6, 6.07) is 6.54. The number of carbonyl (C=O) groups is 2. The predicted octanol–water partition coefficient (Wildman–Crippen LogP) is 3.53. The van der Waals surface area contributed by atoms with Gasteiger partial charge in [0.2, 0.25) is 11.8 Å². The van der Waals surface area contributed by atoms with E-state index in [0.29, 0.717) is 24.9 Å². The van der Waals surface area contributed by atoms with E-state index < -0.39 is 23.4 Å². The highest BCUT2D eigenvalue weighted by atomic mass is 35.5. The zero-order valence-corrected chi connectivity index (χ0v) is 16.7. The highest BCUT2D eigenvalue weighted by molar-refractivity contribution is 6.30. The Morgan fingerprint density at radius 3 is 2.55 bits per heavy atom. The van der Waals surface area contributed by atoms with Crippen molar-refractivity contribution in [3.63, 3.8) is 0 Å². The molecular formula is C20H17ClF3N3O4. The smallest absolute Gasteiger partial charge is 0.388 e. The SMILES string of the molecule is O=C(COc1ccc(Cl)c(F)c1)NC12CC(C(=O)Nc3ccc(OC(F)F)nc3)(C1)C2. The first-order valence-corrected chi connectivity index (χ1v) is 9.68. The van der Waals surface area contributed by atoms with Crippen LogP contribution in [0.5, 0.6) is 11.6 Å². The maximum Gasteiger partial charge on any atom is 0.388 e. The lowest BCUT2D eigenvalue weighted by Crippen LogP contribution is -2.78. The van der Waals surface area contributed by atoms with Crippen molar-refractivity contribution in [2.24, 2.45) is 5.41 Å². The molecule has 2 N–H and O–H groups in total. The maximum atomic E-state index is 13.4. The van der Waals surface area contributed by atoms with E-state index in [1.54, 1.807) is 0 Å². The fourth-order valence-electron chi connectivity index (χ4n) is 4.09. The first-order chi connectivity index (χ1) is 14.7. The lowest BCUT2D eigenvalue weighted by molar-refractivity contribution is -0.179. The van der Waals surface area contributed by atoms with E-state index in [1.165, 1.54) is 30.5 Å². The summed E-state index contributed by atoms with van der Waals surface area (Å²) < 4.78 is 47.1. The molecule has 5 rings (SSSR count). The second-order valence-electron chi connectivity index (χ2n) is 7.72. The topological polar surface area (TPSA) is 89.5 Å². The number of hydrogen-bond acceptors (Lipinski definition) is 5. The average molecular weight is 456 g/mol. The van der Waals surface area contributed by atoms with Crippen LogP contribution in [0.2, 0.25) is 5.02 Å². The van der Waals surface area contributed by atoms with E-state index in [4.69, 9.17) is 16.3 Å². The van der Waals surface area contributed by atoms with Gasteiger partial charge in [-0.1, -0.05) is 11.6 Å². The summed E-state index contributed by atoms with van der Waals surface area (Å²) in [7, 11) is 0. The van der Waals surface area contributed by atoms with Crippen LogP contribution < -0.4 is 20.1 Å². The number of nitrogens with one attached hydrogen (secondary N) is 2. The molecule has 1 heterocycles. The third-order valence-electron chi connectivity index (χ3n) is 5.38. The van der Waals surface area contributed by atoms with Crippen molar-refractivity contribution in [1.82, 2.24) is 10.3 Å². The fraction of sp³-hybridized carbons (Fsp3) is 0.350. The van der Waals surface area contributed by atoms with Gasteiger partial charge in [-0.25, -0.2) is 9.37 Å². The van der Waals surface area contributed by atoms with Crippen molar-refractivity contribution in [2.45, 2.75) is 31.4 Å². The van der Waals surface area contributed by atoms with Crippen molar-refractivity contribution in [3.8, 4) is 11.6 Å². The van der Waals surface area contributed by atoms with Crippen LogP contribution in [0.25, 0.3) is 0 Å². The van der Waals surface area contributed by atoms with Gasteiger partial charge >= 0.3 is 6.61 Å². The molecule has 3 saturated carbocycles. The summed E-state index contributed by atoms with van der Waals surface area (Å²) in [6.07, 6.45) is 2.67. The van der Waals surface area contributed by atoms with Gasteiger partial charge < -0.3 is 20.1 Å². The Morgan fingerprint density at radius 2 is 1.94 bits per heavy atom. The molecule has 0 saturated heterocycles. The molecule has 31 heavy (non-hydrogen) atoms. The van der Waals surface area contributed by atoms with Crippen LogP contribution in [0.3, 0.4) is 0 Å². The van der Waals surface area contributed by atoms with Gasteiger partial charge in [0, 0.05) is 17.7 Å². The zero-order valence-electron chi connectivity index (χ0n) is 16.0. The van der Waals surface area contributed by atoms with Crippen molar-refractivity contribution in [3.05, 3.63) is 47.4 Å². The summed E-state index contributed by atoms with van der Waals surface area (Å²) in [5.41, 5.74) is -0.667. The monoisotopic (exact) mass is 455 g/mol. The number of alkyl halides is 2. The van der Waals surface area contributed by atoms with Crippen molar-refractivity contribution >= 4 is 29.1 Å². The van der Waals surface area contributed by atoms with Gasteiger partial charge in [0.05, 0.1) is 22.3 Å². The Hall–Kier alpha value is -3.01. The highest BCUT2D eigenvalue weighted by Gasteiger charge is 2.72. The normalized spacial score (nSPS) is 23.4. The van der Waals surface area contributed by atoms with E-state index in [9.17, 15) is 22.8 Å². The second kappa shape index (κ2) is 7.92. The second-order valence-corrected chi connectivity index (χ2v) is 8.13. The van der Waals surface area contributed by atoms with Gasteiger partial charge in [-0.2, -0.15) is 8.78 Å². The average Bonchev–Trinajstić information content (AvgIpc) is 2.65. The van der Waals surface area contributed by atoms with Gasteiger partial charge in [0.25, 0.3) is 5.91 Å². The number of carbonyl (C=O) groups excluding carboxylic acids is 2. The Morgan fingerprint density at radius 1 is 1.19 bits per heavy atom. The molecule has 3 fully saturated rings. The molecule has 0 aliphatic heterocycles. The Kier molecular flexibility index (Phi) is 5.42. The van der Waals surface area contributed by atoms with E-state index >= 15 is 0 Å². The lowest BCUT2D eigenvalue weighted by Gasteiger charge is -2.69. The molecule has 0 spiro atoms. The van der Waals surface area contributed by atoms with Gasteiger partial charge in [-0.15, -0.1) is 0 Å². The molecule has 0 radical (unpaired) electrons. The number of halogens is 4. The Balaban J connectivity index is 1.23. The number of aromatic nitrogens is 1. The number of nitrogens with zero attached hydrogens (tertiary/aromatic N) is 1. The first kappa shape index (κ1) is 21.2. The predicted molar refractivity (Wildman–Crippen MR) is 104 cm³/mol. The van der Waals surface area contributed by atoms with E-state index in [-0.39, 0.29) is 35.1 Å². The Bertz CT molecular complexity index is 999. The molecule has 164 valence electrons. The number of rotatable bonds is 8. The fourth-order valence-corrected chi connectivity index (χ4v) is 4.21. The van der Waals surface area contributed by atoms with Crippen molar-refractivity contribution in [2.75, 3.05) is 11.9 Å². The number of amides is 2. The summed E-state index contributed by atoms with van der Waals surface area (Å²) in [6.45, 7) is -3.27. The Labute approximate surface area is 179 Å². The third kappa shape index (κ3) is 4.39. The molecule has 7 nitrogen and oxygen atoms in total. The third-order valence-corrected chi connectivity index (χ3v) is 5.69. The molecule has 1 aromatic carbocycles. The van der Waals surface area contributed by atoms with Crippen LogP contribution >= 0.6 is 11.6 Å². The minimum Gasteiger partial charge on any atom is -0.484 e. The summed E-state index contributed by atoms with van der Waals surface area (Å²) in [4.78, 5) is 28.4. The van der Waals surface area contributed by atoms with Crippen molar-refractivity contribution in [1.29, 1.82) is 0 Å². The summed E-state index contributed by atoms with van der Waals surface area (Å²) >= 11 is 5.60. The van der Waals surface area contributed by atoms with Gasteiger partial charge in [-0.05, 0) is 37.5 Å². The molecule has 11 heteroatoms. The molecule has 0 unspecified atom stereocenters. The molecule has 1 aromatic heterocycles. The molecule has 2 aromatic rings. The standard InChI is InChI=1S/C20H17ClF3N3O4/c21-13-3-2-12(5-14(13)22)30-7-15(28)27-20-8-19(9-20,10-20)17(29)26-11-1-4-16(25-6-11)31-18(23)24/h1-6,18H,7-10H2,(H,26,29)(H,27,28). The van der Waals surface area contributed by atoms with Crippen LogP contribution in [0.4, 0.5) is 18.9 Å². The van der Waals surface area contributed by atoms with Crippen LogP contribution in [0.15, 0.2) is 36.5 Å². The molecular weight excluding hydrogens is 439 g/mol. The molecule has 0 atom stereocenters. The van der Waals surface area contributed by atoms with Gasteiger partial charge in [-0.3, -0.25) is 9.59 Å².